The van der Waals surface area contributed by atoms with Gasteiger partial charge in [0.1, 0.15) is 16.9 Å². The molecular weight excluding hydrogens is 647 g/mol. The minimum atomic E-state index is -4.26. The molecule has 4 atom stereocenters. The third-order valence-corrected chi connectivity index (χ3v) is 12.6. The number of hydrogen-bond acceptors (Lipinski definition) is 6. The van der Waals surface area contributed by atoms with E-state index < -0.39 is 23.0 Å². The number of benzene rings is 1. The molecule has 1 aromatic carbocycles. The number of carbonyl (C=O) groups excluding carboxylic acids is 2. The molecule has 0 radical (unpaired) electrons. The number of hydrogen-bond donors (Lipinski definition) is 2. The van der Waals surface area contributed by atoms with Gasteiger partial charge in [-0.15, -0.1) is 0 Å². The number of likely N-dealkylation sites (tertiary alicyclic amines) is 1. The number of methoxy groups -OCH3 is 1. The maximum absolute atomic E-state index is 13.9. The van der Waals surface area contributed by atoms with E-state index in [0.29, 0.717) is 46.7 Å². The Balaban J connectivity index is 1.04. The average molecular weight is 690 g/mol. The number of halogens is 3. The van der Waals surface area contributed by atoms with Gasteiger partial charge >= 0.3 is 6.18 Å². The summed E-state index contributed by atoms with van der Waals surface area (Å²) < 4.78 is 50.2. The van der Waals surface area contributed by atoms with E-state index in [1.165, 1.54) is 0 Å². The number of nitrogens with one attached hydrogen (secondary N) is 1. The third kappa shape index (κ3) is 4.64. The zero-order chi connectivity index (χ0) is 34.9. The fourth-order valence-electron chi connectivity index (χ4n) is 9.49. The van der Waals surface area contributed by atoms with Gasteiger partial charge in [-0.05, 0) is 100 Å². The first-order valence-corrected chi connectivity index (χ1v) is 17.8. The summed E-state index contributed by atoms with van der Waals surface area (Å²) in [4.78, 5) is 39.1. The van der Waals surface area contributed by atoms with Crippen LogP contribution in [0.1, 0.15) is 80.4 Å². The zero-order valence-electron chi connectivity index (χ0n) is 28.5. The van der Waals surface area contributed by atoms with Crippen molar-refractivity contribution < 1.29 is 27.5 Å². The van der Waals surface area contributed by atoms with Crippen LogP contribution in [0.15, 0.2) is 30.3 Å². The summed E-state index contributed by atoms with van der Waals surface area (Å²) in [6.45, 7) is 3.13. The Morgan fingerprint density at radius 1 is 1.10 bits per heavy atom. The second-order valence-corrected chi connectivity index (χ2v) is 15.9. The number of ether oxygens (including phenoxy) is 1. The maximum atomic E-state index is 13.9. The molecule has 13 heteroatoms. The van der Waals surface area contributed by atoms with E-state index in [1.54, 1.807) is 7.11 Å². The van der Waals surface area contributed by atoms with Gasteiger partial charge in [0, 0.05) is 43.2 Å². The molecular formula is C37H42F3N7O3. The molecule has 4 aromatic rings. The van der Waals surface area contributed by atoms with E-state index in [1.807, 2.05) is 47.7 Å². The number of imidazole rings is 1. The molecule has 5 saturated carbocycles. The molecule has 6 aliphatic rings. The number of nitrogens with two attached hydrogens (primary N) is 1. The molecule has 5 aliphatic carbocycles. The largest absolute Gasteiger partial charge is 0.494 e. The zero-order valence-corrected chi connectivity index (χ0v) is 28.5. The first kappa shape index (κ1) is 31.8. The summed E-state index contributed by atoms with van der Waals surface area (Å²) in [5.41, 5.74) is 8.10. The number of aromatic nitrogens is 4. The highest BCUT2D eigenvalue weighted by molar-refractivity contribution is 6.00. The summed E-state index contributed by atoms with van der Waals surface area (Å²) in [7, 11) is 3.55. The Labute approximate surface area is 287 Å². The maximum Gasteiger partial charge on any atom is 0.394 e. The van der Waals surface area contributed by atoms with Crippen molar-refractivity contribution in [2.45, 2.75) is 89.1 Å². The van der Waals surface area contributed by atoms with Crippen LogP contribution in [0, 0.1) is 22.7 Å². The number of alkyl halides is 3. The molecule has 10 rings (SSSR count). The average Bonchev–Trinajstić information content (AvgIpc) is 3.49. The van der Waals surface area contributed by atoms with E-state index in [9.17, 15) is 22.8 Å². The fraction of sp³-hybridized carbons (Fsp3) is 0.568. The van der Waals surface area contributed by atoms with E-state index in [-0.39, 0.29) is 43.2 Å². The van der Waals surface area contributed by atoms with Crippen molar-refractivity contribution >= 4 is 33.9 Å². The molecule has 4 heterocycles. The van der Waals surface area contributed by atoms with Crippen molar-refractivity contribution in [3.05, 3.63) is 41.6 Å². The van der Waals surface area contributed by atoms with Gasteiger partial charge in [-0.1, -0.05) is 0 Å². The SMILES string of the molecule is COc1cc(C(=O)N2C[C@H](N)[C@@H]3CC[C@H]2C3)cc2nc(-c3cc4ccc([C@@H](C)NC(=O)C56CC(C(F)(F)F)(C5)C6)nc4n3CC3CC3)n(C)c12. The topological polar surface area (TPSA) is 120 Å². The van der Waals surface area contributed by atoms with Gasteiger partial charge in [-0.3, -0.25) is 9.59 Å². The predicted octanol–water partition coefficient (Wildman–Crippen LogP) is 5.87. The van der Waals surface area contributed by atoms with Crippen LogP contribution in [-0.4, -0.2) is 67.7 Å². The fourth-order valence-corrected chi connectivity index (χ4v) is 9.49. The molecule has 50 heavy (non-hydrogen) atoms. The number of carbonyl (C=O) groups is 2. The van der Waals surface area contributed by atoms with Crippen LogP contribution >= 0.6 is 0 Å². The smallest absolute Gasteiger partial charge is 0.394 e. The van der Waals surface area contributed by atoms with Crippen molar-refractivity contribution in [3.63, 3.8) is 0 Å². The minimum absolute atomic E-state index is 0.00896. The first-order valence-electron chi connectivity index (χ1n) is 17.8. The Hall–Kier alpha value is -4.13. The molecule has 264 valence electrons. The van der Waals surface area contributed by atoms with Crippen molar-refractivity contribution in [2.24, 2.45) is 35.4 Å². The second kappa shape index (κ2) is 10.7. The summed E-state index contributed by atoms with van der Waals surface area (Å²) in [5, 5.41) is 3.88. The van der Waals surface area contributed by atoms with Gasteiger partial charge in [0.2, 0.25) is 5.91 Å². The lowest BCUT2D eigenvalue weighted by atomic mass is 9.34. The highest BCUT2D eigenvalue weighted by atomic mass is 19.4. The number of piperidine rings is 1. The third-order valence-electron chi connectivity index (χ3n) is 12.6. The minimum Gasteiger partial charge on any atom is -0.494 e. The number of aryl methyl sites for hydroxylation is 1. The van der Waals surface area contributed by atoms with E-state index in [4.69, 9.17) is 20.4 Å². The van der Waals surface area contributed by atoms with E-state index in [2.05, 4.69) is 16.0 Å². The van der Waals surface area contributed by atoms with Crippen molar-refractivity contribution in [2.75, 3.05) is 13.7 Å². The Morgan fingerprint density at radius 2 is 1.86 bits per heavy atom. The quantitative estimate of drug-likeness (QED) is 0.239. The Morgan fingerprint density at radius 3 is 2.56 bits per heavy atom. The van der Waals surface area contributed by atoms with Gasteiger partial charge in [0.05, 0.1) is 40.9 Å². The lowest BCUT2D eigenvalue weighted by molar-refractivity contribution is -0.351. The van der Waals surface area contributed by atoms with Gasteiger partial charge in [0.15, 0.2) is 5.82 Å². The van der Waals surface area contributed by atoms with Gasteiger partial charge in [0.25, 0.3) is 5.91 Å². The number of rotatable bonds is 8. The normalized spacial score (nSPS) is 29.2. The standard InChI is InChI=1S/C37H42F3N7O3/c1-19(42-34(49)35-16-36(17-35,18-35)37(38,39)40)26-9-7-22-12-28(47(31(22)43-26)14-20-4-5-20)32-44-27-11-23(13-29(50-3)30(27)45(32)2)33(48)46-15-25(41)21-6-8-24(46)10-21/h7,9,11-13,19-21,24-25H,4-6,8,10,14-18,41H2,1-3H3,(H,42,49)/t19-,21-,24+,25+,35?,36?/m1/s1. The lowest BCUT2D eigenvalue weighted by Crippen LogP contribution is -2.72. The van der Waals surface area contributed by atoms with Gasteiger partial charge in [-0.2, -0.15) is 13.2 Å². The van der Waals surface area contributed by atoms with Crippen LogP contribution in [-0.2, 0) is 18.4 Å². The molecule has 2 amide bonds. The molecule has 1 aliphatic heterocycles. The van der Waals surface area contributed by atoms with Crippen molar-refractivity contribution in [1.82, 2.24) is 29.3 Å². The van der Waals surface area contributed by atoms with Crippen LogP contribution in [0.25, 0.3) is 33.6 Å². The first-order chi connectivity index (χ1) is 23.8. The summed E-state index contributed by atoms with van der Waals surface area (Å²) in [6, 6.07) is 9.30. The van der Waals surface area contributed by atoms with Crippen molar-refractivity contribution in [3.8, 4) is 17.3 Å². The monoisotopic (exact) mass is 689 g/mol. The summed E-state index contributed by atoms with van der Waals surface area (Å²) >= 11 is 0. The van der Waals surface area contributed by atoms with Crippen LogP contribution in [0.3, 0.4) is 0 Å². The van der Waals surface area contributed by atoms with Gasteiger partial charge < -0.3 is 29.8 Å². The highest BCUT2D eigenvalue weighted by Gasteiger charge is 2.80. The van der Waals surface area contributed by atoms with Crippen LogP contribution < -0.4 is 15.8 Å². The molecule has 3 N–H and O–H groups in total. The Bertz CT molecular complexity index is 2060. The molecule has 3 aromatic heterocycles. The number of amides is 2. The Kier molecular flexibility index (Phi) is 6.81. The molecule has 1 saturated heterocycles. The lowest BCUT2D eigenvalue weighted by Gasteiger charge is -2.69. The summed E-state index contributed by atoms with van der Waals surface area (Å²) in [6.07, 6.45) is 0.585. The second-order valence-electron chi connectivity index (χ2n) is 15.9. The van der Waals surface area contributed by atoms with Crippen LogP contribution in [0.5, 0.6) is 5.75 Å². The molecule has 6 fully saturated rings. The van der Waals surface area contributed by atoms with Crippen LogP contribution in [0.4, 0.5) is 13.2 Å². The molecule has 0 unspecified atom stereocenters. The van der Waals surface area contributed by atoms with E-state index in [0.717, 1.165) is 60.9 Å². The molecule has 0 spiro atoms. The number of pyridine rings is 1. The van der Waals surface area contributed by atoms with Gasteiger partial charge in [-0.25, -0.2) is 9.97 Å². The number of nitrogens with zero attached hydrogens (tertiary/aromatic N) is 5. The van der Waals surface area contributed by atoms with Crippen LogP contribution in [0.2, 0.25) is 0 Å². The molecule has 4 bridgehead atoms. The molecule has 10 nitrogen and oxygen atoms in total. The predicted molar refractivity (Wildman–Crippen MR) is 180 cm³/mol. The highest BCUT2D eigenvalue weighted by Crippen LogP contribution is 2.78. The van der Waals surface area contributed by atoms with Crippen molar-refractivity contribution in [1.29, 1.82) is 0 Å². The summed E-state index contributed by atoms with van der Waals surface area (Å²) in [5.74, 6) is 1.91. The van der Waals surface area contributed by atoms with E-state index >= 15 is 0 Å². The number of fused-ring (bicyclic) bond motifs is 4.